The molecule has 3 aromatic rings. The van der Waals surface area contributed by atoms with Crippen LogP contribution in [0.4, 0.5) is 5.69 Å². The maximum atomic E-state index is 12.9. The van der Waals surface area contributed by atoms with Gasteiger partial charge >= 0.3 is 5.97 Å². The minimum atomic E-state index is -0.609. The second-order valence-electron chi connectivity index (χ2n) is 10.8. The third-order valence-corrected chi connectivity index (χ3v) is 7.21. The second kappa shape index (κ2) is 16.5. The number of benzene rings is 2. The summed E-state index contributed by atoms with van der Waals surface area (Å²) in [5.41, 5.74) is 6.77. The highest BCUT2D eigenvalue weighted by molar-refractivity contribution is 6.10. The third-order valence-electron chi connectivity index (χ3n) is 7.21. The standard InChI is InChI=1S/C33H42N6O7/c1-5-15-36-33(42)27-17-38(35-4)30(23(27)3)31(34)39(28-16-25(12-11-22(28)2)32(41)37-26-13-14-26)46-21-44-20-45-29(40)19-43-18-24-9-7-6-8-10-24/h6-12,16-17,26,34-35H,5,13-15,18-21H2,1-4H3,(H,36,42)(H,37,41). The van der Waals surface area contributed by atoms with Crippen LogP contribution >= 0.6 is 0 Å². The molecule has 1 aliphatic rings. The molecule has 0 radical (unpaired) electrons. The van der Waals surface area contributed by atoms with Crippen molar-refractivity contribution in [2.75, 3.05) is 44.3 Å². The number of esters is 1. The molecule has 2 amide bonds. The van der Waals surface area contributed by atoms with Crippen LogP contribution in [-0.2, 0) is 30.4 Å². The lowest BCUT2D eigenvalue weighted by atomic mass is 10.1. The zero-order valence-electron chi connectivity index (χ0n) is 26.7. The third kappa shape index (κ3) is 9.16. The Morgan fingerprint density at radius 1 is 1.02 bits per heavy atom. The van der Waals surface area contributed by atoms with Crippen LogP contribution in [0.3, 0.4) is 0 Å². The Balaban J connectivity index is 1.48. The van der Waals surface area contributed by atoms with Gasteiger partial charge < -0.3 is 30.3 Å². The van der Waals surface area contributed by atoms with E-state index in [2.05, 4.69) is 16.1 Å². The number of amidine groups is 1. The predicted octanol–water partition coefficient (Wildman–Crippen LogP) is 3.77. The van der Waals surface area contributed by atoms with Crippen molar-refractivity contribution in [1.82, 2.24) is 15.3 Å². The normalized spacial score (nSPS) is 12.3. The highest BCUT2D eigenvalue weighted by atomic mass is 16.8. The van der Waals surface area contributed by atoms with Crippen molar-refractivity contribution < 1.29 is 33.4 Å². The molecule has 0 bridgehead atoms. The molecule has 4 rings (SSSR count). The first-order chi connectivity index (χ1) is 22.2. The second-order valence-corrected chi connectivity index (χ2v) is 10.8. The zero-order chi connectivity index (χ0) is 33.1. The van der Waals surface area contributed by atoms with Gasteiger partial charge in [0.15, 0.2) is 19.4 Å². The lowest BCUT2D eigenvalue weighted by molar-refractivity contribution is -0.172. The van der Waals surface area contributed by atoms with Gasteiger partial charge in [0.25, 0.3) is 11.8 Å². The average Bonchev–Trinajstić information content (AvgIpc) is 3.81. The number of aryl methyl sites for hydroxylation is 1. The number of hydrogen-bond acceptors (Lipinski definition) is 9. The fraction of sp³-hybridized carbons (Fsp3) is 0.394. The lowest BCUT2D eigenvalue weighted by Crippen LogP contribution is -2.36. The van der Waals surface area contributed by atoms with E-state index in [4.69, 9.17) is 19.0 Å². The van der Waals surface area contributed by atoms with E-state index in [-0.39, 0.29) is 36.9 Å². The van der Waals surface area contributed by atoms with Gasteiger partial charge in [0.1, 0.15) is 12.3 Å². The molecule has 0 saturated heterocycles. The van der Waals surface area contributed by atoms with Gasteiger partial charge in [-0.3, -0.25) is 19.7 Å². The number of rotatable bonds is 17. The molecule has 2 aromatic carbocycles. The van der Waals surface area contributed by atoms with Crippen LogP contribution in [0.2, 0.25) is 0 Å². The highest BCUT2D eigenvalue weighted by Gasteiger charge is 2.28. The highest BCUT2D eigenvalue weighted by Crippen LogP contribution is 2.27. The van der Waals surface area contributed by atoms with Crippen molar-refractivity contribution in [3.8, 4) is 0 Å². The van der Waals surface area contributed by atoms with Crippen molar-refractivity contribution in [1.29, 1.82) is 5.41 Å². The summed E-state index contributed by atoms with van der Waals surface area (Å²) in [7, 11) is 1.67. The molecule has 246 valence electrons. The van der Waals surface area contributed by atoms with Gasteiger partial charge in [0, 0.05) is 31.4 Å². The van der Waals surface area contributed by atoms with E-state index in [1.54, 1.807) is 43.0 Å². The Morgan fingerprint density at radius 3 is 2.48 bits per heavy atom. The van der Waals surface area contributed by atoms with Gasteiger partial charge in [-0.05, 0) is 61.9 Å². The van der Waals surface area contributed by atoms with Gasteiger partial charge in [0.2, 0.25) is 0 Å². The fourth-order valence-corrected chi connectivity index (χ4v) is 4.55. The summed E-state index contributed by atoms with van der Waals surface area (Å²) in [6.07, 6.45) is 4.28. The monoisotopic (exact) mass is 634 g/mol. The van der Waals surface area contributed by atoms with E-state index in [0.29, 0.717) is 34.6 Å². The van der Waals surface area contributed by atoms with E-state index in [0.717, 1.165) is 30.4 Å². The van der Waals surface area contributed by atoms with Crippen LogP contribution in [-0.4, -0.2) is 68.1 Å². The van der Waals surface area contributed by atoms with E-state index in [1.807, 2.05) is 44.2 Å². The first-order valence-electron chi connectivity index (χ1n) is 15.2. The quantitative estimate of drug-likeness (QED) is 0.0434. The molecule has 1 aromatic heterocycles. The zero-order valence-corrected chi connectivity index (χ0v) is 26.7. The number of nitrogens with one attached hydrogen (secondary N) is 4. The minimum absolute atomic E-state index is 0.126. The van der Waals surface area contributed by atoms with Gasteiger partial charge in [-0.25, -0.2) is 9.63 Å². The average molecular weight is 635 g/mol. The van der Waals surface area contributed by atoms with Crippen molar-refractivity contribution in [2.24, 2.45) is 0 Å². The first kappa shape index (κ1) is 34.2. The molecular formula is C33H42N6O7. The first-order valence-corrected chi connectivity index (χ1v) is 15.2. The Kier molecular flexibility index (Phi) is 12.3. The number of ether oxygens (including phenoxy) is 3. The number of amides is 2. The summed E-state index contributed by atoms with van der Waals surface area (Å²) < 4.78 is 17.5. The van der Waals surface area contributed by atoms with E-state index in [1.165, 1.54) is 5.06 Å². The molecule has 13 nitrogen and oxygen atoms in total. The van der Waals surface area contributed by atoms with Gasteiger partial charge in [0.05, 0.1) is 17.9 Å². The van der Waals surface area contributed by atoms with E-state index < -0.39 is 19.6 Å². The number of carbonyl (C=O) groups excluding carboxylic acids is 3. The van der Waals surface area contributed by atoms with Crippen molar-refractivity contribution in [3.05, 3.63) is 88.2 Å². The van der Waals surface area contributed by atoms with E-state index >= 15 is 0 Å². The molecule has 46 heavy (non-hydrogen) atoms. The largest absolute Gasteiger partial charge is 0.437 e. The summed E-state index contributed by atoms with van der Waals surface area (Å²) in [5.74, 6) is -1.22. The van der Waals surface area contributed by atoms with Gasteiger partial charge in [-0.2, -0.15) is 5.06 Å². The summed E-state index contributed by atoms with van der Waals surface area (Å²) in [6.45, 7) is 5.26. The smallest absolute Gasteiger partial charge is 0.334 e. The number of carbonyl (C=O) groups is 3. The van der Waals surface area contributed by atoms with Crippen molar-refractivity contribution in [2.45, 2.75) is 52.7 Å². The maximum absolute atomic E-state index is 12.9. The molecule has 0 atom stereocenters. The summed E-state index contributed by atoms with van der Waals surface area (Å²) in [6, 6.07) is 14.7. The van der Waals surface area contributed by atoms with Crippen molar-refractivity contribution in [3.63, 3.8) is 0 Å². The van der Waals surface area contributed by atoms with Crippen LogP contribution in [0, 0.1) is 19.3 Å². The molecule has 0 spiro atoms. The van der Waals surface area contributed by atoms with Gasteiger partial charge in [-0.15, -0.1) is 0 Å². The van der Waals surface area contributed by atoms with Crippen LogP contribution in [0.5, 0.6) is 0 Å². The lowest BCUT2D eigenvalue weighted by Gasteiger charge is -2.27. The van der Waals surface area contributed by atoms with Gasteiger partial charge in [-0.1, -0.05) is 43.3 Å². The molecular weight excluding hydrogens is 592 g/mol. The Hall–Kier alpha value is -4.72. The number of anilines is 1. The topological polar surface area (TPSA) is 156 Å². The minimum Gasteiger partial charge on any atom is -0.437 e. The number of aromatic nitrogens is 1. The summed E-state index contributed by atoms with van der Waals surface area (Å²) in [4.78, 5) is 43.8. The molecule has 1 fully saturated rings. The number of hydrogen-bond donors (Lipinski definition) is 4. The molecule has 1 saturated carbocycles. The summed E-state index contributed by atoms with van der Waals surface area (Å²) in [5, 5.41) is 16.3. The molecule has 1 aliphatic carbocycles. The van der Waals surface area contributed by atoms with Crippen molar-refractivity contribution >= 4 is 29.3 Å². The van der Waals surface area contributed by atoms with Crippen LogP contribution in [0.1, 0.15) is 69.3 Å². The van der Waals surface area contributed by atoms with Crippen LogP contribution < -0.4 is 21.1 Å². The Bertz CT molecular complexity index is 1520. The fourth-order valence-electron chi connectivity index (χ4n) is 4.55. The molecule has 0 unspecified atom stereocenters. The molecule has 1 heterocycles. The summed E-state index contributed by atoms with van der Waals surface area (Å²) >= 11 is 0. The number of nitrogens with zero attached hydrogens (tertiary/aromatic N) is 2. The predicted molar refractivity (Wildman–Crippen MR) is 172 cm³/mol. The molecule has 0 aliphatic heterocycles. The van der Waals surface area contributed by atoms with Crippen LogP contribution in [0.25, 0.3) is 0 Å². The molecule has 13 heteroatoms. The Morgan fingerprint density at radius 2 is 1.78 bits per heavy atom. The van der Waals surface area contributed by atoms with E-state index in [9.17, 15) is 19.8 Å². The number of hydroxylamine groups is 1. The maximum Gasteiger partial charge on any atom is 0.334 e. The molecule has 4 N–H and O–H groups in total. The SMILES string of the molecule is CCCNC(=O)c1cn(NC)c(C(=N)N(OCOCOC(=O)COCc2ccccc2)c2cc(C(=O)NC3CC3)ccc2C)c1C. The Labute approximate surface area is 268 Å². The van der Waals surface area contributed by atoms with Crippen LogP contribution in [0.15, 0.2) is 54.7 Å².